The third-order valence-electron chi connectivity index (χ3n) is 16.7. The molecule has 0 aliphatic heterocycles. The Hall–Kier alpha value is -10.8. The maximum Gasteiger partial charge on any atom is 0.0541 e. The fourth-order valence-corrected chi connectivity index (χ4v) is 14.5. The molecule has 0 amide bonds. The maximum atomic E-state index is 2.51. The van der Waals surface area contributed by atoms with E-state index in [1.807, 2.05) is 22.7 Å². The number of hydrogen-bond donors (Lipinski definition) is 0. The molecule has 0 aliphatic rings. The lowest BCUT2D eigenvalue weighted by Crippen LogP contribution is -2.09. The van der Waals surface area contributed by atoms with Crippen LogP contribution in [-0.2, 0) is 0 Å². The average Bonchev–Trinajstić information content (AvgIpc) is 1.81. The Morgan fingerprint density at radius 2 is 0.540 bits per heavy atom. The van der Waals surface area contributed by atoms with Gasteiger partial charge in [0, 0.05) is 70.1 Å². The summed E-state index contributed by atoms with van der Waals surface area (Å²) in [5.41, 5.74) is 19.5. The van der Waals surface area contributed by atoms with Crippen molar-refractivity contribution in [2.45, 2.75) is 0 Å². The van der Waals surface area contributed by atoms with E-state index in [2.05, 4.69) is 348 Å². The van der Waals surface area contributed by atoms with Gasteiger partial charge in [-0.3, -0.25) is 0 Å². The molecule has 0 saturated carbocycles. The number of anilines is 6. The van der Waals surface area contributed by atoms with Crippen LogP contribution < -0.4 is 9.80 Å². The lowest BCUT2D eigenvalue weighted by molar-refractivity contribution is 1.18. The number of benzene rings is 13. The molecule has 16 rings (SSSR count). The molecule has 13 aromatic carbocycles. The molecule has 5 heteroatoms. The van der Waals surface area contributed by atoms with Gasteiger partial charge in [-0.1, -0.05) is 182 Å². The fourth-order valence-electron chi connectivity index (χ4n) is 12.5. The molecule has 0 atom stereocenters. The van der Waals surface area contributed by atoms with E-state index in [1.54, 1.807) is 0 Å². The first kappa shape index (κ1) is 51.8. The fraction of sp³-hybridized carbons (Fsp3) is 0. The van der Waals surface area contributed by atoms with Crippen molar-refractivity contribution in [2.75, 3.05) is 9.80 Å². The first-order chi connectivity index (χ1) is 43.1. The highest BCUT2D eigenvalue weighted by atomic mass is 32.1. The Morgan fingerprint density at radius 3 is 0.920 bits per heavy atom. The lowest BCUT2D eigenvalue weighted by Gasteiger charge is -2.25. The third kappa shape index (κ3) is 9.95. The van der Waals surface area contributed by atoms with Gasteiger partial charge in [0.2, 0.25) is 0 Å². The molecule has 0 bridgehead atoms. The summed E-state index contributed by atoms with van der Waals surface area (Å²) in [6.45, 7) is 0. The lowest BCUT2D eigenvalue weighted by atomic mass is 9.94. The van der Waals surface area contributed by atoms with Crippen molar-refractivity contribution in [3.63, 3.8) is 0 Å². The van der Waals surface area contributed by atoms with Gasteiger partial charge in [0.05, 0.1) is 11.0 Å². The smallest absolute Gasteiger partial charge is 0.0541 e. The van der Waals surface area contributed by atoms with Crippen LogP contribution in [0.5, 0.6) is 0 Å². The van der Waals surface area contributed by atoms with E-state index in [9.17, 15) is 0 Å². The molecule has 0 aliphatic carbocycles. The quantitative estimate of drug-likeness (QED) is 0.114. The first-order valence-electron chi connectivity index (χ1n) is 29.5. The molecule has 3 heterocycles. The average molecular weight is 1150 g/mol. The molecule has 16 aromatic rings. The zero-order chi connectivity index (χ0) is 57.6. The molecule has 3 aromatic heterocycles. The summed E-state index contributed by atoms with van der Waals surface area (Å²) >= 11 is 3.69. The first-order valence-corrected chi connectivity index (χ1v) is 31.2. The molecule has 87 heavy (non-hydrogen) atoms. The molecule has 0 fully saturated rings. The molecular formula is C82H55N3S2. The Morgan fingerprint density at radius 1 is 0.207 bits per heavy atom. The molecular weight excluding hydrogens is 1090 g/mol. The van der Waals surface area contributed by atoms with Gasteiger partial charge < -0.3 is 14.4 Å². The van der Waals surface area contributed by atoms with Crippen LogP contribution in [0, 0.1) is 0 Å². The van der Waals surface area contributed by atoms with E-state index in [1.165, 1.54) is 74.1 Å². The van der Waals surface area contributed by atoms with Crippen molar-refractivity contribution in [1.29, 1.82) is 0 Å². The van der Waals surface area contributed by atoms with Crippen LogP contribution in [0.3, 0.4) is 0 Å². The normalized spacial score (nSPS) is 11.4. The van der Waals surface area contributed by atoms with E-state index >= 15 is 0 Å². The Labute approximate surface area is 514 Å². The van der Waals surface area contributed by atoms with Gasteiger partial charge >= 0.3 is 0 Å². The molecule has 0 spiro atoms. The molecule has 0 N–H and O–H groups in total. The number of fused-ring (bicyclic) bond motifs is 5. The molecule has 3 nitrogen and oxygen atoms in total. The van der Waals surface area contributed by atoms with Crippen molar-refractivity contribution < 1.29 is 0 Å². The minimum absolute atomic E-state index is 1.09. The van der Waals surface area contributed by atoms with Crippen molar-refractivity contribution >= 4 is 100 Å². The summed E-state index contributed by atoms with van der Waals surface area (Å²) < 4.78 is 2.51. The van der Waals surface area contributed by atoms with Crippen LogP contribution in [0.15, 0.2) is 334 Å². The monoisotopic (exact) mass is 1150 g/mol. The van der Waals surface area contributed by atoms with E-state index in [0.29, 0.717) is 0 Å². The van der Waals surface area contributed by atoms with Crippen LogP contribution >= 0.6 is 22.7 Å². The Balaban J connectivity index is 0.890. The summed E-state index contributed by atoms with van der Waals surface area (Å²) in [6.07, 6.45) is 0. The van der Waals surface area contributed by atoms with Gasteiger partial charge in [-0.15, -0.1) is 22.7 Å². The largest absolute Gasteiger partial charge is 0.310 e. The second-order valence-corrected chi connectivity index (χ2v) is 24.3. The van der Waals surface area contributed by atoms with Crippen LogP contribution in [0.1, 0.15) is 0 Å². The number of rotatable bonds is 13. The minimum Gasteiger partial charge on any atom is -0.310 e. The molecule has 410 valence electrons. The molecule has 0 saturated heterocycles. The van der Waals surface area contributed by atoms with Gasteiger partial charge in [-0.2, -0.15) is 0 Å². The van der Waals surface area contributed by atoms with Crippen LogP contribution in [0.2, 0.25) is 0 Å². The van der Waals surface area contributed by atoms with Gasteiger partial charge in [0.25, 0.3) is 0 Å². The molecule has 0 unspecified atom stereocenters. The Bertz CT molecular complexity index is 4750. The van der Waals surface area contributed by atoms with Gasteiger partial charge in [0.1, 0.15) is 0 Å². The van der Waals surface area contributed by atoms with Gasteiger partial charge in [-0.05, 0) is 218 Å². The topological polar surface area (TPSA) is 11.4 Å². The SMILES string of the molecule is c1ccc(-c2ccc(-c3ccc4c(c3)c3cc(-c5ccc(-c6ccccc6)s5)ccc3n4-c3cc(-c4ccc5ccc(N(c6ccccc6)c6ccccc6)cc5c4)cc(-c4ccc5ccc(N(c6ccccc6)c6ccccc6)cc5c4)c3)s2)cc1. The maximum absolute atomic E-state index is 2.51. The number of thiophene rings is 2. The zero-order valence-electron chi connectivity index (χ0n) is 47.4. The summed E-state index contributed by atoms with van der Waals surface area (Å²) in [7, 11) is 0. The van der Waals surface area contributed by atoms with Gasteiger partial charge in [0.15, 0.2) is 0 Å². The van der Waals surface area contributed by atoms with Crippen LogP contribution in [0.25, 0.3) is 113 Å². The highest BCUT2D eigenvalue weighted by Crippen LogP contribution is 2.45. The summed E-state index contributed by atoms with van der Waals surface area (Å²) in [4.78, 5) is 9.69. The second kappa shape index (κ2) is 22.3. The predicted octanol–water partition coefficient (Wildman–Crippen LogP) is 24.2. The van der Waals surface area contributed by atoms with Crippen LogP contribution in [0.4, 0.5) is 34.1 Å². The summed E-state index contributed by atoms with van der Waals surface area (Å²) in [6, 6.07) is 122. The van der Waals surface area contributed by atoms with E-state index < -0.39 is 0 Å². The third-order valence-corrected chi connectivity index (χ3v) is 19.1. The van der Waals surface area contributed by atoms with Crippen molar-refractivity contribution in [1.82, 2.24) is 4.57 Å². The summed E-state index contributed by atoms with van der Waals surface area (Å²) in [5.74, 6) is 0. The van der Waals surface area contributed by atoms with E-state index in [0.717, 1.165) is 73.1 Å². The zero-order valence-corrected chi connectivity index (χ0v) is 49.0. The van der Waals surface area contributed by atoms with Crippen molar-refractivity contribution in [3.8, 4) is 69.7 Å². The Kier molecular flexibility index (Phi) is 13.3. The van der Waals surface area contributed by atoms with Crippen molar-refractivity contribution in [3.05, 3.63) is 334 Å². The standard InChI is InChI=1S/C82H55N3S2/c1-7-19-58(20-8-1)79-43-45-81(86-79)62-37-41-77-75(54-62)76-55-63(82-46-44-80(87-82)59-21-9-2-10-22-59)38-42-78(76)85(77)74-52-66(60-33-31-56-35-39-72(50-64(56)47-60)83(68-23-11-3-12-24-68)69-25-13-4-14-26-69)49-67(53-74)61-34-32-57-36-40-73(51-65(57)48-61)84(70-27-15-5-16-28-70)71-29-17-6-18-30-71/h1-55H. The van der Waals surface area contributed by atoms with Gasteiger partial charge in [-0.25, -0.2) is 0 Å². The number of aromatic nitrogens is 1. The van der Waals surface area contributed by atoms with Crippen LogP contribution in [-0.4, -0.2) is 4.57 Å². The summed E-state index contributed by atoms with van der Waals surface area (Å²) in [5, 5.41) is 7.12. The molecule has 0 radical (unpaired) electrons. The highest BCUT2D eigenvalue weighted by molar-refractivity contribution is 7.19. The minimum atomic E-state index is 1.09. The second-order valence-electron chi connectivity index (χ2n) is 22.1. The number of hydrogen-bond acceptors (Lipinski definition) is 4. The number of para-hydroxylation sites is 4. The van der Waals surface area contributed by atoms with E-state index in [-0.39, 0.29) is 0 Å². The predicted molar refractivity (Wildman–Crippen MR) is 374 cm³/mol. The number of nitrogens with zero attached hydrogens (tertiary/aromatic N) is 3. The highest BCUT2D eigenvalue weighted by Gasteiger charge is 2.20. The van der Waals surface area contributed by atoms with Crippen molar-refractivity contribution in [2.24, 2.45) is 0 Å². The van der Waals surface area contributed by atoms with E-state index in [4.69, 9.17) is 0 Å².